The highest BCUT2D eigenvalue weighted by Gasteiger charge is 2.29. The van der Waals surface area contributed by atoms with Gasteiger partial charge in [-0.15, -0.1) is 12.4 Å². The summed E-state index contributed by atoms with van der Waals surface area (Å²) in [7, 11) is 1.39. The summed E-state index contributed by atoms with van der Waals surface area (Å²) in [6, 6.07) is 0. The molecule has 0 aromatic carbocycles. The first-order valence-electron chi connectivity index (χ1n) is 4.58. The summed E-state index contributed by atoms with van der Waals surface area (Å²) in [5.41, 5.74) is 0. The molecule has 0 aromatic heterocycles. The van der Waals surface area contributed by atoms with Crippen LogP contribution in [0, 0.1) is 5.92 Å². The largest absolute Gasteiger partial charge is 0.481 e. The maximum Gasteiger partial charge on any atom is 0.309 e. The van der Waals surface area contributed by atoms with Crippen LogP contribution in [0.3, 0.4) is 0 Å². The van der Waals surface area contributed by atoms with E-state index >= 15 is 0 Å². The zero-order chi connectivity index (χ0) is 11.8. The van der Waals surface area contributed by atoms with Crippen molar-refractivity contribution in [2.75, 3.05) is 13.9 Å². The first kappa shape index (κ1) is 17.5. The molecule has 7 heteroatoms. The van der Waals surface area contributed by atoms with Crippen LogP contribution in [0.25, 0.3) is 0 Å². The second-order valence-corrected chi connectivity index (χ2v) is 3.06. The molecule has 0 aliphatic carbocycles. The fourth-order valence-electron chi connectivity index (χ4n) is 1.24. The molecule has 0 aromatic rings. The zero-order valence-corrected chi connectivity index (χ0v) is 10.0. The Kier molecular flexibility index (Phi) is 10.3. The molecule has 0 rings (SSSR count). The minimum Gasteiger partial charge on any atom is -0.481 e. The van der Waals surface area contributed by atoms with E-state index in [0.717, 1.165) is 0 Å². The number of carbonyl (C=O) groups is 2. The Morgan fingerprint density at radius 2 is 1.88 bits per heavy atom. The summed E-state index contributed by atoms with van der Waals surface area (Å²) in [4.78, 5) is 21.3. The Morgan fingerprint density at radius 3 is 2.19 bits per heavy atom. The van der Waals surface area contributed by atoms with Crippen LogP contribution in [0.5, 0.6) is 0 Å². The quantitative estimate of drug-likeness (QED) is 0.629. The number of ether oxygens (including phenoxy) is 2. The molecule has 16 heavy (non-hydrogen) atoms. The third-order valence-corrected chi connectivity index (χ3v) is 1.98. The summed E-state index contributed by atoms with van der Waals surface area (Å²) in [6.07, 6.45) is -0.879. The predicted octanol–water partition coefficient (Wildman–Crippen LogP) is 0.983. The number of halogens is 1. The molecule has 0 aliphatic heterocycles. The minimum absolute atomic E-state index is 0. The van der Waals surface area contributed by atoms with Crippen molar-refractivity contribution < 1.29 is 29.3 Å². The van der Waals surface area contributed by atoms with Gasteiger partial charge in [-0.2, -0.15) is 0 Å². The van der Waals surface area contributed by atoms with Gasteiger partial charge in [-0.3, -0.25) is 9.59 Å². The van der Waals surface area contributed by atoms with Gasteiger partial charge in [0, 0.05) is 7.11 Å². The van der Waals surface area contributed by atoms with Crippen molar-refractivity contribution in [2.45, 2.75) is 25.9 Å². The number of hydrogen-bond acceptors (Lipinski definition) is 4. The van der Waals surface area contributed by atoms with E-state index in [1.807, 2.05) is 0 Å². The summed E-state index contributed by atoms with van der Waals surface area (Å²) in [6.45, 7) is 1.56. The number of carboxylic acids is 2. The SMILES string of the molecule is CCC(C(=O)O)[C@H](CC(=O)O)OCOC.Cl. The highest BCUT2D eigenvalue weighted by atomic mass is 35.5. The van der Waals surface area contributed by atoms with E-state index in [0.29, 0.717) is 6.42 Å². The van der Waals surface area contributed by atoms with E-state index in [-0.39, 0.29) is 25.6 Å². The lowest BCUT2D eigenvalue weighted by molar-refractivity contribution is -0.158. The maximum absolute atomic E-state index is 10.8. The van der Waals surface area contributed by atoms with Crippen molar-refractivity contribution in [3.8, 4) is 0 Å². The second kappa shape index (κ2) is 9.38. The standard InChI is InChI=1S/C9H16O6.ClH/c1-3-6(9(12)13)7(4-8(10)11)15-5-14-2;/h6-7H,3-5H2,1-2H3,(H,10,11)(H,12,13);1H/t6?,7-;/m0./s1. The summed E-state index contributed by atoms with van der Waals surface area (Å²) in [5, 5.41) is 17.4. The van der Waals surface area contributed by atoms with Crippen molar-refractivity contribution in [3.63, 3.8) is 0 Å². The van der Waals surface area contributed by atoms with E-state index in [2.05, 4.69) is 4.74 Å². The van der Waals surface area contributed by atoms with Crippen LogP contribution in [0.2, 0.25) is 0 Å². The molecule has 0 saturated heterocycles. The van der Waals surface area contributed by atoms with Crippen LogP contribution in [0.15, 0.2) is 0 Å². The van der Waals surface area contributed by atoms with Crippen molar-refractivity contribution >= 4 is 24.3 Å². The molecular formula is C9H17ClO6. The van der Waals surface area contributed by atoms with Gasteiger partial charge in [0.05, 0.1) is 18.4 Å². The average molecular weight is 257 g/mol. The van der Waals surface area contributed by atoms with Gasteiger partial charge in [0.2, 0.25) is 0 Å². The highest BCUT2D eigenvalue weighted by molar-refractivity contribution is 5.85. The van der Waals surface area contributed by atoms with E-state index in [1.54, 1.807) is 6.92 Å². The van der Waals surface area contributed by atoms with Crippen LogP contribution in [-0.4, -0.2) is 42.2 Å². The van der Waals surface area contributed by atoms with E-state index in [9.17, 15) is 9.59 Å². The number of methoxy groups -OCH3 is 1. The van der Waals surface area contributed by atoms with Gasteiger partial charge >= 0.3 is 11.9 Å². The highest BCUT2D eigenvalue weighted by Crippen LogP contribution is 2.16. The molecule has 0 spiro atoms. The lowest BCUT2D eigenvalue weighted by Gasteiger charge is -2.21. The Hall–Kier alpha value is -0.850. The summed E-state index contributed by atoms with van der Waals surface area (Å²) < 4.78 is 9.65. The van der Waals surface area contributed by atoms with Gasteiger partial charge in [0.1, 0.15) is 6.79 Å². The molecule has 2 atom stereocenters. The molecule has 0 aliphatic rings. The van der Waals surface area contributed by atoms with E-state index < -0.39 is 24.0 Å². The Labute approximate surface area is 100.0 Å². The molecule has 0 heterocycles. The van der Waals surface area contributed by atoms with Crippen LogP contribution in [0.4, 0.5) is 0 Å². The zero-order valence-electron chi connectivity index (χ0n) is 9.21. The molecule has 0 saturated carbocycles. The summed E-state index contributed by atoms with van der Waals surface area (Å²) >= 11 is 0. The maximum atomic E-state index is 10.8. The topological polar surface area (TPSA) is 93.1 Å². The third-order valence-electron chi connectivity index (χ3n) is 1.98. The average Bonchev–Trinajstić information content (AvgIpc) is 2.13. The van der Waals surface area contributed by atoms with E-state index in [1.165, 1.54) is 7.11 Å². The van der Waals surface area contributed by atoms with Gasteiger partial charge in [-0.1, -0.05) is 6.92 Å². The fraction of sp³-hybridized carbons (Fsp3) is 0.778. The monoisotopic (exact) mass is 256 g/mol. The Morgan fingerprint density at radius 1 is 1.31 bits per heavy atom. The molecule has 6 nitrogen and oxygen atoms in total. The number of aliphatic carboxylic acids is 2. The second-order valence-electron chi connectivity index (χ2n) is 3.06. The molecule has 0 amide bonds. The molecule has 0 fully saturated rings. The van der Waals surface area contributed by atoms with Gasteiger partial charge in [0.15, 0.2) is 0 Å². The van der Waals surface area contributed by atoms with Gasteiger partial charge < -0.3 is 19.7 Å². The number of rotatable bonds is 8. The van der Waals surface area contributed by atoms with Gasteiger partial charge in [0.25, 0.3) is 0 Å². The van der Waals surface area contributed by atoms with Crippen molar-refractivity contribution in [1.29, 1.82) is 0 Å². The minimum atomic E-state index is -1.09. The van der Waals surface area contributed by atoms with E-state index in [4.69, 9.17) is 14.9 Å². The van der Waals surface area contributed by atoms with Crippen LogP contribution < -0.4 is 0 Å². The third kappa shape index (κ3) is 6.60. The van der Waals surface area contributed by atoms with Crippen LogP contribution in [-0.2, 0) is 19.1 Å². The fourth-order valence-corrected chi connectivity index (χ4v) is 1.24. The van der Waals surface area contributed by atoms with Crippen molar-refractivity contribution in [2.24, 2.45) is 5.92 Å². The molecule has 96 valence electrons. The first-order valence-corrected chi connectivity index (χ1v) is 4.58. The van der Waals surface area contributed by atoms with Gasteiger partial charge in [-0.25, -0.2) is 0 Å². The molecule has 2 N–H and O–H groups in total. The first-order chi connectivity index (χ1) is 7.02. The Balaban J connectivity index is 0. The molecule has 1 unspecified atom stereocenters. The predicted molar refractivity (Wildman–Crippen MR) is 57.7 cm³/mol. The molecular weight excluding hydrogens is 240 g/mol. The lowest BCUT2D eigenvalue weighted by atomic mass is 9.97. The summed E-state index contributed by atoms with van der Waals surface area (Å²) in [5.74, 6) is -2.97. The molecule has 0 bridgehead atoms. The lowest BCUT2D eigenvalue weighted by Crippen LogP contribution is -2.32. The Bertz CT molecular complexity index is 220. The normalized spacial score (nSPS) is 13.6. The van der Waals surface area contributed by atoms with Gasteiger partial charge in [-0.05, 0) is 6.42 Å². The number of carboxylic acid groups (broad SMARTS) is 2. The van der Waals surface area contributed by atoms with Crippen molar-refractivity contribution in [1.82, 2.24) is 0 Å². The smallest absolute Gasteiger partial charge is 0.309 e. The van der Waals surface area contributed by atoms with Crippen LogP contribution >= 0.6 is 12.4 Å². The number of hydrogen-bond donors (Lipinski definition) is 2. The molecule has 0 radical (unpaired) electrons. The van der Waals surface area contributed by atoms with Crippen molar-refractivity contribution in [3.05, 3.63) is 0 Å². The van der Waals surface area contributed by atoms with Crippen LogP contribution in [0.1, 0.15) is 19.8 Å².